The Hall–Kier alpha value is -0.200. The lowest BCUT2D eigenvalue weighted by Gasteiger charge is -2.26. The Labute approximate surface area is 112 Å². The van der Waals surface area contributed by atoms with E-state index in [0.29, 0.717) is 6.54 Å². The molecule has 0 unspecified atom stereocenters. The summed E-state index contributed by atoms with van der Waals surface area (Å²) < 4.78 is 1.10. The average molecular weight is 321 g/mol. The Morgan fingerprint density at radius 1 is 1.50 bits per heavy atom. The highest BCUT2D eigenvalue weighted by molar-refractivity contribution is 9.11. The van der Waals surface area contributed by atoms with Gasteiger partial charge < -0.3 is 10.2 Å². The molecule has 2 rings (SSSR count). The van der Waals surface area contributed by atoms with E-state index in [9.17, 15) is 4.79 Å². The van der Waals surface area contributed by atoms with Gasteiger partial charge in [-0.05, 0) is 32.9 Å². The van der Waals surface area contributed by atoms with Crippen molar-refractivity contribution in [2.24, 2.45) is 0 Å². The van der Waals surface area contributed by atoms with Gasteiger partial charge in [0.1, 0.15) is 0 Å². The zero-order chi connectivity index (χ0) is 11.4. The van der Waals surface area contributed by atoms with Crippen molar-refractivity contribution in [2.45, 2.75) is 6.54 Å². The zero-order valence-electron chi connectivity index (χ0n) is 8.74. The summed E-state index contributed by atoms with van der Waals surface area (Å²) in [7, 11) is 0. The zero-order valence-corrected chi connectivity index (χ0v) is 12.0. The molecule has 88 valence electrons. The van der Waals surface area contributed by atoms with Gasteiger partial charge in [-0.3, -0.25) is 0 Å². The van der Waals surface area contributed by atoms with Gasteiger partial charge in [-0.25, -0.2) is 4.79 Å². The van der Waals surface area contributed by atoms with E-state index in [-0.39, 0.29) is 6.03 Å². The second-order valence-electron chi connectivity index (χ2n) is 3.48. The van der Waals surface area contributed by atoms with E-state index in [4.69, 9.17) is 0 Å². The van der Waals surface area contributed by atoms with Crippen LogP contribution in [0.2, 0.25) is 0 Å². The minimum Gasteiger partial charge on any atom is -0.334 e. The van der Waals surface area contributed by atoms with Crippen molar-refractivity contribution in [2.75, 3.05) is 24.6 Å². The fourth-order valence-corrected chi connectivity index (χ4v) is 3.64. The van der Waals surface area contributed by atoms with E-state index in [1.165, 1.54) is 0 Å². The monoisotopic (exact) mass is 320 g/mol. The number of halogens is 1. The average Bonchev–Trinajstić information content (AvgIpc) is 2.73. The Kier molecular flexibility index (Phi) is 4.55. The van der Waals surface area contributed by atoms with Crippen LogP contribution in [0, 0.1) is 0 Å². The molecule has 0 bridgehead atoms. The molecular weight excluding hydrogens is 308 g/mol. The topological polar surface area (TPSA) is 32.3 Å². The molecule has 3 nitrogen and oxygen atoms in total. The molecular formula is C10H13BrN2OS2. The normalized spacial score (nSPS) is 16.2. The third kappa shape index (κ3) is 3.15. The fraction of sp³-hybridized carbons (Fsp3) is 0.500. The van der Waals surface area contributed by atoms with Gasteiger partial charge in [0, 0.05) is 31.1 Å². The number of urea groups is 1. The van der Waals surface area contributed by atoms with Crippen LogP contribution in [0.3, 0.4) is 0 Å². The molecule has 1 aromatic heterocycles. The highest BCUT2D eigenvalue weighted by Crippen LogP contribution is 2.23. The Balaban J connectivity index is 1.81. The second-order valence-corrected chi connectivity index (χ2v) is 6.94. The molecule has 0 saturated carbocycles. The molecule has 16 heavy (non-hydrogen) atoms. The lowest BCUT2D eigenvalue weighted by molar-refractivity contribution is 0.202. The fourth-order valence-electron chi connectivity index (χ4n) is 1.49. The van der Waals surface area contributed by atoms with Gasteiger partial charge in [0.05, 0.1) is 3.79 Å². The maximum Gasteiger partial charge on any atom is 0.317 e. The van der Waals surface area contributed by atoms with Gasteiger partial charge in [-0.2, -0.15) is 11.8 Å². The number of carbonyl (C=O) groups excluding carboxylic acids is 1. The molecule has 1 saturated heterocycles. The summed E-state index contributed by atoms with van der Waals surface area (Å²) in [5.74, 6) is 2.10. The molecule has 1 fully saturated rings. The summed E-state index contributed by atoms with van der Waals surface area (Å²) >= 11 is 7.01. The largest absolute Gasteiger partial charge is 0.334 e. The van der Waals surface area contributed by atoms with Crippen LogP contribution in [-0.4, -0.2) is 35.5 Å². The number of hydrogen-bond acceptors (Lipinski definition) is 3. The van der Waals surface area contributed by atoms with Crippen molar-refractivity contribution in [1.29, 1.82) is 0 Å². The van der Waals surface area contributed by atoms with Gasteiger partial charge in [0.25, 0.3) is 0 Å². The molecule has 0 aliphatic carbocycles. The van der Waals surface area contributed by atoms with Crippen molar-refractivity contribution in [3.8, 4) is 0 Å². The van der Waals surface area contributed by atoms with Crippen molar-refractivity contribution in [3.05, 3.63) is 20.8 Å². The highest BCUT2D eigenvalue weighted by atomic mass is 79.9. The molecule has 1 aromatic rings. The summed E-state index contributed by atoms with van der Waals surface area (Å²) in [4.78, 5) is 13.7. The number of nitrogens with one attached hydrogen (secondary N) is 1. The third-order valence-electron chi connectivity index (χ3n) is 2.42. The van der Waals surface area contributed by atoms with Crippen LogP contribution in [-0.2, 0) is 6.54 Å². The molecule has 2 heterocycles. The van der Waals surface area contributed by atoms with E-state index in [2.05, 4.69) is 21.2 Å². The predicted molar refractivity (Wildman–Crippen MR) is 73.2 cm³/mol. The molecule has 1 N–H and O–H groups in total. The summed E-state index contributed by atoms with van der Waals surface area (Å²) in [6.45, 7) is 2.33. The molecule has 0 spiro atoms. The summed E-state index contributed by atoms with van der Waals surface area (Å²) in [6, 6.07) is 2.08. The Bertz CT molecular complexity index is 363. The number of thiophene rings is 1. The lowest BCUT2D eigenvalue weighted by atomic mass is 10.3. The minimum atomic E-state index is 0.0541. The number of nitrogens with zero attached hydrogens (tertiary/aromatic N) is 1. The van der Waals surface area contributed by atoms with Gasteiger partial charge >= 0.3 is 6.03 Å². The van der Waals surface area contributed by atoms with E-state index in [1.807, 2.05) is 28.1 Å². The summed E-state index contributed by atoms with van der Waals surface area (Å²) in [5.41, 5.74) is 1.14. The quantitative estimate of drug-likeness (QED) is 0.908. The lowest BCUT2D eigenvalue weighted by Crippen LogP contribution is -2.44. The van der Waals surface area contributed by atoms with E-state index in [1.54, 1.807) is 11.3 Å². The van der Waals surface area contributed by atoms with Crippen LogP contribution in [0.4, 0.5) is 4.79 Å². The first-order valence-electron chi connectivity index (χ1n) is 5.10. The van der Waals surface area contributed by atoms with Crippen molar-refractivity contribution >= 4 is 45.1 Å². The number of thioether (sulfide) groups is 1. The van der Waals surface area contributed by atoms with E-state index >= 15 is 0 Å². The molecule has 0 atom stereocenters. The number of rotatable bonds is 2. The van der Waals surface area contributed by atoms with Crippen molar-refractivity contribution < 1.29 is 4.79 Å². The molecule has 1 aliphatic heterocycles. The molecule has 2 amide bonds. The van der Waals surface area contributed by atoms with Crippen LogP contribution in [0.15, 0.2) is 15.2 Å². The first-order valence-corrected chi connectivity index (χ1v) is 7.92. The van der Waals surface area contributed by atoms with E-state index in [0.717, 1.165) is 33.9 Å². The predicted octanol–water partition coefficient (Wildman–Crippen LogP) is 2.77. The Morgan fingerprint density at radius 3 is 2.88 bits per heavy atom. The number of carbonyl (C=O) groups is 1. The van der Waals surface area contributed by atoms with Crippen molar-refractivity contribution in [1.82, 2.24) is 10.2 Å². The van der Waals surface area contributed by atoms with Gasteiger partial charge in [0.15, 0.2) is 0 Å². The molecule has 1 aliphatic rings. The summed E-state index contributed by atoms with van der Waals surface area (Å²) in [6.07, 6.45) is 0. The highest BCUT2D eigenvalue weighted by Gasteiger charge is 2.16. The van der Waals surface area contributed by atoms with Gasteiger partial charge in [0.2, 0.25) is 0 Å². The SMILES string of the molecule is O=C(NCc1ccsc1Br)N1CCSCC1. The van der Waals surface area contributed by atoms with Crippen LogP contribution in [0.5, 0.6) is 0 Å². The second kappa shape index (κ2) is 5.93. The van der Waals surface area contributed by atoms with Crippen LogP contribution >= 0.6 is 39.0 Å². The maximum atomic E-state index is 11.8. The number of amides is 2. The Morgan fingerprint density at radius 2 is 2.25 bits per heavy atom. The van der Waals surface area contributed by atoms with Crippen LogP contribution in [0.1, 0.15) is 5.56 Å². The molecule has 0 radical (unpaired) electrons. The van der Waals surface area contributed by atoms with Crippen LogP contribution in [0.25, 0.3) is 0 Å². The van der Waals surface area contributed by atoms with Crippen molar-refractivity contribution in [3.63, 3.8) is 0 Å². The van der Waals surface area contributed by atoms with E-state index < -0.39 is 0 Å². The number of hydrogen-bond donors (Lipinski definition) is 1. The smallest absolute Gasteiger partial charge is 0.317 e. The molecule has 0 aromatic carbocycles. The van der Waals surface area contributed by atoms with Gasteiger partial charge in [-0.1, -0.05) is 0 Å². The minimum absolute atomic E-state index is 0.0541. The van der Waals surface area contributed by atoms with Crippen LogP contribution < -0.4 is 5.32 Å². The first-order chi connectivity index (χ1) is 7.77. The molecule has 6 heteroatoms. The maximum absolute atomic E-state index is 11.8. The third-order valence-corrected chi connectivity index (χ3v) is 5.18. The standard InChI is InChI=1S/C10H13BrN2OS2/c11-9-8(1-4-16-9)7-12-10(14)13-2-5-15-6-3-13/h1,4H,2-3,5-7H2,(H,12,14). The summed E-state index contributed by atoms with van der Waals surface area (Å²) in [5, 5.41) is 4.97. The van der Waals surface area contributed by atoms with Gasteiger partial charge in [-0.15, -0.1) is 11.3 Å². The first kappa shape index (κ1) is 12.3.